The van der Waals surface area contributed by atoms with Crippen molar-refractivity contribution in [3.8, 4) is 0 Å². The zero-order chi connectivity index (χ0) is 12.9. The molecule has 0 spiro atoms. The normalized spacial score (nSPS) is 10.9. The van der Waals surface area contributed by atoms with E-state index in [1.54, 1.807) is 0 Å². The first kappa shape index (κ1) is 11.9. The molecule has 0 radical (unpaired) electrons. The predicted octanol–water partition coefficient (Wildman–Crippen LogP) is 2.90. The molecule has 3 aromatic rings. The van der Waals surface area contributed by atoms with Gasteiger partial charge in [0.2, 0.25) is 0 Å². The zero-order valence-corrected chi connectivity index (χ0v) is 10.8. The molecule has 2 aromatic heterocycles. The Balaban J connectivity index is 1.55. The monoisotopic (exact) mass is 251 g/mol. The van der Waals surface area contributed by atoms with Gasteiger partial charge >= 0.3 is 0 Å². The van der Waals surface area contributed by atoms with Crippen LogP contribution in [0.5, 0.6) is 0 Å². The zero-order valence-electron chi connectivity index (χ0n) is 10.8. The van der Waals surface area contributed by atoms with Gasteiger partial charge in [-0.3, -0.25) is 4.98 Å². The molecular formula is C16H17N3. The molecule has 0 saturated carbocycles. The Morgan fingerprint density at radius 2 is 1.95 bits per heavy atom. The van der Waals surface area contributed by atoms with E-state index in [0.29, 0.717) is 0 Å². The average molecular weight is 251 g/mol. The van der Waals surface area contributed by atoms with Crippen LogP contribution in [0.3, 0.4) is 0 Å². The van der Waals surface area contributed by atoms with Gasteiger partial charge in [-0.25, -0.2) is 0 Å². The van der Waals surface area contributed by atoms with Gasteiger partial charge in [-0.05, 0) is 23.8 Å². The molecule has 0 aliphatic heterocycles. The van der Waals surface area contributed by atoms with Crippen LogP contribution >= 0.6 is 0 Å². The number of nitrogens with zero attached hydrogens (tertiary/aromatic N) is 1. The Bertz CT molecular complexity index is 643. The van der Waals surface area contributed by atoms with Crippen LogP contribution in [0.4, 0.5) is 0 Å². The third kappa shape index (κ3) is 2.83. The van der Waals surface area contributed by atoms with Crippen molar-refractivity contribution >= 4 is 10.9 Å². The topological polar surface area (TPSA) is 40.7 Å². The number of aromatic amines is 1. The minimum Gasteiger partial charge on any atom is -0.361 e. The van der Waals surface area contributed by atoms with Crippen LogP contribution in [-0.4, -0.2) is 16.5 Å². The molecule has 0 fully saturated rings. The predicted molar refractivity (Wildman–Crippen MR) is 77.9 cm³/mol. The standard InChI is InChI=1S/C16H17N3/c1-2-7-16-15(6-1)13(12-19-16)11-17-10-8-14-5-3-4-9-18-14/h1-7,9,12,17,19H,8,10-11H2. The fourth-order valence-electron chi connectivity index (χ4n) is 2.26. The molecule has 0 aliphatic rings. The Labute approximate surface area is 112 Å². The molecule has 0 atom stereocenters. The summed E-state index contributed by atoms with van der Waals surface area (Å²) in [5.74, 6) is 0. The number of pyridine rings is 1. The number of benzene rings is 1. The highest BCUT2D eigenvalue weighted by atomic mass is 14.9. The van der Waals surface area contributed by atoms with E-state index in [0.717, 1.165) is 25.2 Å². The van der Waals surface area contributed by atoms with E-state index in [1.165, 1.54) is 16.5 Å². The number of hydrogen-bond donors (Lipinski definition) is 2. The van der Waals surface area contributed by atoms with Gasteiger partial charge in [0.25, 0.3) is 0 Å². The molecule has 96 valence electrons. The second kappa shape index (κ2) is 5.67. The van der Waals surface area contributed by atoms with E-state index in [-0.39, 0.29) is 0 Å². The van der Waals surface area contributed by atoms with Crippen molar-refractivity contribution in [3.05, 3.63) is 66.1 Å². The number of nitrogens with one attached hydrogen (secondary N) is 2. The molecule has 19 heavy (non-hydrogen) atoms. The highest BCUT2D eigenvalue weighted by molar-refractivity contribution is 5.82. The van der Waals surface area contributed by atoms with E-state index in [9.17, 15) is 0 Å². The molecule has 3 nitrogen and oxygen atoms in total. The maximum absolute atomic E-state index is 4.32. The lowest BCUT2D eigenvalue weighted by Gasteiger charge is -2.03. The van der Waals surface area contributed by atoms with Crippen molar-refractivity contribution in [2.45, 2.75) is 13.0 Å². The third-order valence-corrected chi connectivity index (χ3v) is 3.27. The van der Waals surface area contributed by atoms with Crippen LogP contribution in [0.25, 0.3) is 10.9 Å². The average Bonchev–Trinajstić information content (AvgIpc) is 2.88. The van der Waals surface area contributed by atoms with Crippen LogP contribution in [0, 0.1) is 0 Å². The maximum Gasteiger partial charge on any atom is 0.0457 e. The Morgan fingerprint density at radius 3 is 2.84 bits per heavy atom. The first-order valence-electron chi connectivity index (χ1n) is 6.59. The molecule has 0 aliphatic carbocycles. The summed E-state index contributed by atoms with van der Waals surface area (Å²) in [4.78, 5) is 7.61. The second-order valence-electron chi connectivity index (χ2n) is 4.61. The summed E-state index contributed by atoms with van der Waals surface area (Å²) in [7, 11) is 0. The largest absolute Gasteiger partial charge is 0.361 e. The summed E-state index contributed by atoms with van der Waals surface area (Å²) in [5.41, 5.74) is 3.65. The minimum atomic E-state index is 0.886. The summed E-state index contributed by atoms with van der Waals surface area (Å²) < 4.78 is 0. The molecule has 0 unspecified atom stereocenters. The third-order valence-electron chi connectivity index (χ3n) is 3.27. The molecule has 0 amide bonds. The molecule has 0 bridgehead atoms. The van der Waals surface area contributed by atoms with Crippen molar-refractivity contribution in [3.63, 3.8) is 0 Å². The van der Waals surface area contributed by atoms with Crippen molar-refractivity contribution in [2.24, 2.45) is 0 Å². The molecule has 3 rings (SSSR count). The Morgan fingerprint density at radius 1 is 1.05 bits per heavy atom. The van der Waals surface area contributed by atoms with E-state index in [2.05, 4.69) is 51.8 Å². The highest BCUT2D eigenvalue weighted by Gasteiger charge is 2.01. The minimum absolute atomic E-state index is 0.886. The fourth-order valence-corrected chi connectivity index (χ4v) is 2.26. The fraction of sp³-hybridized carbons (Fsp3) is 0.188. The van der Waals surface area contributed by atoms with E-state index >= 15 is 0 Å². The summed E-state index contributed by atoms with van der Waals surface area (Å²) >= 11 is 0. The van der Waals surface area contributed by atoms with Gasteiger partial charge in [0.15, 0.2) is 0 Å². The lowest BCUT2D eigenvalue weighted by atomic mass is 10.2. The van der Waals surface area contributed by atoms with Crippen LogP contribution in [0.2, 0.25) is 0 Å². The number of fused-ring (bicyclic) bond motifs is 1. The van der Waals surface area contributed by atoms with E-state index in [1.807, 2.05) is 18.3 Å². The number of rotatable bonds is 5. The van der Waals surface area contributed by atoms with Gasteiger partial charge in [0.1, 0.15) is 0 Å². The van der Waals surface area contributed by atoms with E-state index < -0.39 is 0 Å². The number of aromatic nitrogens is 2. The summed E-state index contributed by atoms with van der Waals surface area (Å²) in [6.07, 6.45) is 4.89. The Hall–Kier alpha value is -2.13. The number of para-hydroxylation sites is 1. The second-order valence-corrected chi connectivity index (χ2v) is 4.61. The van der Waals surface area contributed by atoms with Crippen LogP contribution in [0.1, 0.15) is 11.3 Å². The smallest absolute Gasteiger partial charge is 0.0457 e. The van der Waals surface area contributed by atoms with Crippen LogP contribution in [-0.2, 0) is 13.0 Å². The van der Waals surface area contributed by atoms with Crippen molar-refractivity contribution < 1.29 is 0 Å². The molecule has 0 saturated heterocycles. The van der Waals surface area contributed by atoms with Crippen LogP contribution in [0.15, 0.2) is 54.9 Å². The quantitative estimate of drug-likeness (QED) is 0.685. The maximum atomic E-state index is 4.32. The first-order chi connectivity index (χ1) is 9.43. The van der Waals surface area contributed by atoms with Gasteiger partial charge in [0.05, 0.1) is 0 Å². The highest BCUT2D eigenvalue weighted by Crippen LogP contribution is 2.17. The van der Waals surface area contributed by atoms with E-state index in [4.69, 9.17) is 0 Å². The van der Waals surface area contributed by atoms with Crippen LogP contribution < -0.4 is 5.32 Å². The van der Waals surface area contributed by atoms with Gasteiger partial charge in [-0.15, -0.1) is 0 Å². The molecule has 2 N–H and O–H groups in total. The Kier molecular flexibility index (Phi) is 3.56. The van der Waals surface area contributed by atoms with Crippen molar-refractivity contribution in [1.29, 1.82) is 0 Å². The lowest BCUT2D eigenvalue weighted by Crippen LogP contribution is -2.16. The molecular weight excluding hydrogens is 234 g/mol. The molecule has 1 aromatic carbocycles. The summed E-state index contributed by atoms with van der Waals surface area (Å²) in [6.45, 7) is 1.83. The lowest BCUT2D eigenvalue weighted by molar-refractivity contribution is 0.682. The SMILES string of the molecule is c1ccc(CCNCc2c[nH]c3ccccc23)nc1. The van der Waals surface area contributed by atoms with Crippen molar-refractivity contribution in [2.75, 3.05) is 6.54 Å². The van der Waals surface area contributed by atoms with Gasteiger partial charge in [-0.2, -0.15) is 0 Å². The van der Waals surface area contributed by atoms with Gasteiger partial charge in [0, 0.05) is 48.5 Å². The number of H-pyrrole nitrogens is 1. The van der Waals surface area contributed by atoms with Gasteiger partial charge in [-0.1, -0.05) is 24.3 Å². The van der Waals surface area contributed by atoms with Crippen molar-refractivity contribution in [1.82, 2.24) is 15.3 Å². The summed E-state index contributed by atoms with van der Waals surface area (Å²) in [5, 5.41) is 4.77. The van der Waals surface area contributed by atoms with Gasteiger partial charge < -0.3 is 10.3 Å². The first-order valence-corrected chi connectivity index (χ1v) is 6.59. The molecule has 3 heteroatoms. The molecule has 2 heterocycles. The summed E-state index contributed by atoms with van der Waals surface area (Å²) in [6, 6.07) is 14.4. The number of hydrogen-bond acceptors (Lipinski definition) is 2.